The number of hydrogen-bond acceptors (Lipinski definition) is 2. The van der Waals surface area contributed by atoms with Gasteiger partial charge in [-0.2, -0.15) is 11.8 Å². The highest BCUT2D eigenvalue weighted by molar-refractivity contribution is 7.99. The molecular formula is C12H16FNS. The average molecular weight is 225 g/mol. The highest BCUT2D eigenvalue weighted by Crippen LogP contribution is 2.24. The van der Waals surface area contributed by atoms with Crippen molar-refractivity contribution in [3.63, 3.8) is 0 Å². The number of thioether (sulfide) groups is 1. The second-order valence-electron chi connectivity index (χ2n) is 3.96. The smallest absolute Gasteiger partial charge is 0.146 e. The molecule has 1 aliphatic heterocycles. The van der Waals surface area contributed by atoms with Gasteiger partial charge in [-0.15, -0.1) is 0 Å². The number of aryl methyl sites for hydroxylation is 1. The fraction of sp³-hybridized carbons (Fsp3) is 0.500. The number of benzene rings is 1. The number of anilines is 1. The van der Waals surface area contributed by atoms with Crippen molar-refractivity contribution >= 4 is 17.4 Å². The van der Waals surface area contributed by atoms with Gasteiger partial charge in [-0.1, -0.05) is 12.1 Å². The molecule has 0 aromatic heterocycles. The fourth-order valence-electron chi connectivity index (χ4n) is 1.86. The fourth-order valence-corrected chi connectivity index (χ4v) is 2.97. The summed E-state index contributed by atoms with van der Waals surface area (Å²) in [5, 5.41) is 3.33. The monoisotopic (exact) mass is 225 g/mol. The summed E-state index contributed by atoms with van der Waals surface area (Å²) in [6.45, 7) is 1.95. The van der Waals surface area contributed by atoms with E-state index in [1.807, 2.05) is 24.8 Å². The van der Waals surface area contributed by atoms with E-state index in [0.29, 0.717) is 11.7 Å². The van der Waals surface area contributed by atoms with Crippen molar-refractivity contribution in [2.75, 3.05) is 16.8 Å². The molecule has 2 rings (SSSR count). The Balaban J connectivity index is 2.09. The molecule has 0 atom stereocenters. The molecule has 0 amide bonds. The van der Waals surface area contributed by atoms with E-state index >= 15 is 0 Å². The van der Waals surface area contributed by atoms with Crippen molar-refractivity contribution in [1.29, 1.82) is 0 Å². The van der Waals surface area contributed by atoms with Gasteiger partial charge < -0.3 is 5.32 Å². The maximum atomic E-state index is 13.5. The number of para-hydroxylation sites is 1. The Bertz CT molecular complexity index is 314. The van der Waals surface area contributed by atoms with Crippen LogP contribution in [-0.2, 0) is 0 Å². The van der Waals surface area contributed by atoms with Crippen molar-refractivity contribution in [2.45, 2.75) is 25.8 Å². The zero-order chi connectivity index (χ0) is 10.7. The van der Waals surface area contributed by atoms with Crippen molar-refractivity contribution in [1.82, 2.24) is 0 Å². The lowest BCUT2D eigenvalue weighted by molar-refractivity contribution is 0.613. The average Bonchev–Trinajstić information content (AvgIpc) is 2.25. The predicted molar refractivity (Wildman–Crippen MR) is 65.1 cm³/mol. The predicted octanol–water partition coefficient (Wildman–Crippen LogP) is 3.44. The van der Waals surface area contributed by atoms with Gasteiger partial charge in [0, 0.05) is 6.04 Å². The Morgan fingerprint density at radius 2 is 2.07 bits per heavy atom. The van der Waals surface area contributed by atoms with Gasteiger partial charge in [0.15, 0.2) is 0 Å². The molecule has 1 aliphatic rings. The quantitative estimate of drug-likeness (QED) is 0.827. The molecule has 0 unspecified atom stereocenters. The van der Waals surface area contributed by atoms with Gasteiger partial charge in [0.25, 0.3) is 0 Å². The van der Waals surface area contributed by atoms with Crippen LogP contribution in [0.1, 0.15) is 18.4 Å². The van der Waals surface area contributed by atoms with Gasteiger partial charge >= 0.3 is 0 Å². The van der Waals surface area contributed by atoms with E-state index in [9.17, 15) is 4.39 Å². The van der Waals surface area contributed by atoms with Crippen LogP contribution in [0.2, 0.25) is 0 Å². The molecule has 1 nitrogen and oxygen atoms in total. The summed E-state index contributed by atoms with van der Waals surface area (Å²) in [6, 6.07) is 5.67. The van der Waals surface area contributed by atoms with Gasteiger partial charge in [0.05, 0.1) is 5.69 Å². The van der Waals surface area contributed by atoms with Crippen LogP contribution in [0, 0.1) is 12.7 Å². The minimum atomic E-state index is -0.131. The normalized spacial score (nSPS) is 17.7. The third-order valence-electron chi connectivity index (χ3n) is 2.79. The summed E-state index contributed by atoms with van der Waals surface area (Å²) < 4.78 is 13.5. The number of halogens is 1. The Morgan fingerprint density at radius 1 is 1.33 bits per heavy atom. The number of rotatable bonds is 2. The molecule has 1 fully saturated rings. The largest absolute Gasteiger partial charge is 0.380 e. The van der Waals surface area contributed by atoms with Crippen molar-refractivity contribution < 1.29 is 4.39 Å². The molecule has 1 aromatic carbocycles. The lowest BCUT2D eigenvalue weighted by atomic mass is 10.1. The van der Waals surface area contributed by atoms with Crippen LogP contribution in [0.4, 0.5) is 10.1 Å². The first-order valence-corrected chi connectivity index (χ1v) is 6.52. The zero-order valence-corrected chi connectivity index (χ0v) is 9.74. The summed E-state index contributed by atoms with van der Waals surface area (Å²) >= 11 is 1.98. The SMILES string of the molecule is Cc1cccc(F)c1NC1CCSCC1. The van der Waals surface area contributed by atoms with Gasteiger partial charge in [0.1, 0.15) is 5.82 Å². The molecule has 1 aromatic rings. The van der Waals surface area contributed by atoms with E-state index in [1.54, 1.807) is 6.07 Å². The van der Waals surface area contributed by atoms with Crippen molar-refractivity contribution in [3.8, 4) is 0 Å². The third kappa shape index (κ3) is 2.65. The number of nitrogens with one attached hydrogen (secondary N) is 1. The van der Waals surface area contributed by atoms with E-state index in [4.69, 9.17) is 0 Å². The minimum absolute atomic E-state index is 0.131. The lowest BCUT2D eigenvalue weighted by Gasteiger charge is -2.24. The molecule has 1 heterocycles. The summed E-state index contributed by atoms with van der Waals surface area (Å²) in [7, 11) is 0. The molecule has 0 saturated carbocycles. The van der Waals surface area contributed by atoms with E-state index < -0.39 is 0 Å². The summed E-state index contributed by atoms with van der Waals surface area (Å²) in [5.74, 6) is 2.24. The van der Waals surface area contributed by atoms with Crippen LogP contribution < -0.4 is 5.32 Å². The standard InChI is InChI=1S/C12H16FNS/c1-9-3-2-4-11(13)12(9)14-10-5-7-15-8-6-10/h2-4,10,14H,5-8H2,1H3. The molecule has 0 aliphatic carbocycles. The highest BCUT2D eigenvalue weighted by atomic mass is 32.2. The molecule has 0 radical (unpaired) electrons. The van der Waals surface area contributed by atoms with E-state index in [0.717, 1.165) is 18.4 Å². The summed E-state index contributed by atoms with van der Waals surface area (Å²) in [4.78, 5) is 0. The molecular weight excluding hydrogens is 209 g/mol. The molecule has 3 heteroatoms. The Hall–Kier alpha value is -0.700. The van der Waals surface area contributed by atoms with Gasteiger partial charge in [0.2, 0.25) is 0 Å². The van der Waals surface area contributed by atoms with Crippen molar-refractivity contribution in [3.05, 3.63) is 29.6 Å². The maximum absolute atomic E-state index is 13.5. The molecule has 82 valence electrons. The highest BCUT2D eigenvalue weighted by Gasteiger charge is 2.15. The van der Waals surface area contributed by atoms with Gasteiger partial charge in [-0.05, 0) is 42.9 Å². The van der Waals surface area contributed by atoms with Gasteiger partial charge in [-0.25, -0.2) is 4.39 Å². The van der Waals surface area contributed by atoms with Crippen LogP contribution in [0.25, 0.3) is 0 Å². The second-order valence-corrected chi connectivity index (χ2v) is 5.19. The van der Waals surface area contributed by atoms with Crippen LogP contribution in [-0.4, -0.2) is 17.5 Å². The molecule has 0 spiro atoms. The molecule has 1 N–H and O–H groups in total. The van der Waals surface area contributed by atoms with Crippen LogP contribution in [0.15, 0.2) is 18.2 Å². The molecule has 1 saturated heterocycles. The topological polar surface area (TPSA) is 12.0 Å². The van der Waals surface area contributed by atoms with E-state index in [2.05, 4.69) is 5.32 Å². The van der Waals surface area contributed by atoms with Crippen molar-refractivity contribution in [2.24, 2.45) is 0 Å². The Kier molecular flexibility index (Phi) is 3.52. The minimum Gasteiger partial charge on any atom is -0.380 e. The van der Waals surface area contributed by atoms with Crippen LogP contribution >= 0.6 is 11.8 Å². The molecule has 15 heavy (non-hydrogen) atoms. The zero-order valence-electron chi connectivity index (χ0n) is 8.92. The second kappa shape index (κ2) is 4.88. The van der Waals surface area contributed by atoms with Crippen LogP contribution in [0.5, 0.6) is 0 Å². The van der Waals surface area contributed by atoms with E-state index in [1.165, 1.54) is 17.6 Å². The first-order chi connectivity index (χ1) is 7.27. The molecule has 0 bridgehead atoms. The number of hydrogen-bond donors (Lipinski definition) is 1. The third-order valence-corrected chi connectivity index (χ3v) is 3.84. The first-order valence-electron chi connectivity index (χ1n) is 5.37. The lowest BCUT2D eigenvalue weighted by Crippen LogP contribution is -2.25. The summed E-state index contributed by atoms with van der Waals surface area (Å²) in [5.41, 5.74) is 1.68. The Morgan fingerprint density at radius 3 is 2.73 bits per heavy atom. The van der Waals surface area contributed by atoms with Crippen LogP contribution in [0.3, 0.4) is 0 Å². The maximum Gasteiger partial charge on any atom is 0.146 e. The Labute approximate surface area is 94.5 Å². The van der Waals surface area contributed by atoms with E-state index in [-0.39, 0.29) is 5.82 Å². The first kappa shape index (κ1) is 10.8. The van der Waals surface area contributed by atoms with Gasteiger partial charge in [-0.3, -0.25) is 0 Å². The summed E-state index contributed by atoms with van der Waals surface area (Å²) in [6.07, 6.45) is 2.27.